The van der Waals surface area contributed by atoms with Crippen LogP contribution in [0.1, 0.15) is 11.1 Å². The minimum atomic E-state index is -0.533. The van der Waals surface area contributed by atoms with Crippen molar-refractivity contribution in [3.63, 3.8) is 0 Å². The Morgan fingerprint density at radius 2 is 1.33 bits per heavy atom. The molecule has 2 rings (SSSR count). The predicted molar refractivity (Wildman–Crippen MR) is 97.8 cm³/mol. The molecule has 0 aliphatic rings. The minimum Gasteiger partial charge on any atom is -0.398 e. The van der Waals surface area contributed by atoms with E-state index in [1.165, 1.54) is 24.3 Å². The molecule has 24 heavy (non-hydrogen) atoms. The Balaban J connectivity index is 0.000000240. The second-order valence-electron chi connectivity index (χ2n) is 4.73. The van der Waals surface area contributed by atoms with Gasteiger partial charge in [0.2, 0.25) is 0 Å². The van der Waals surface area contributed by atoms with Gasteiger partial charge in [0, 0.05) is 22.3 Å². The van der Waals surface area contributed by atoms with Crippen LogP contribution in [0.25, 0.3) is 0 Å². The fraction of sp³-hybridized carbons (Fsp3) is 0.143. The van der Waals surface area contributed by atoms with Gasteiger partial charge in [-0.1, -0.05) is 39.1 Å². The van der Waals surface area contributed by atoms with Crippen molar-refractivity contribution in [2.45, 2.75) is 13.8 Å². The Bertz CT molecular complexity index is 748. The molecule has 0 saturated carbocycles. The first kappa shape index (κ1) is 20.1. The summed E-state index contributed by atoms with van der Waals surface area (Å²) < 4.78 is 0.776. The van der Waals surface area contributed by atoms with Crippen molar-refractivity contribution >= 4 is 56.2 Å². The Labute approximate surface area is 155 Å². The topological polar surface area (TPSA) is 112 Å². The van der Waals surface area contributed by atoms with E-state index in [1.54, 1.807) is 13.8 Å². The summed E-state index contributed by atoms with van der Waals surface area (Å²) in [5.74, 6) is 0. The van der Waals surface area contributed by atoms with Gasteiger partial charge in [0.1, 0.15) is 10.0 Å². The Hall–Kier alpha value is -1.90. The standard InChI is InChI=1S/C7H5BrClNO2.C7H7ClN2O2/c1-4-2-7(10(11)12)6(9)3-5(4)8;1-4-2-7(10(11)12)5(8)3-6(4)9/h2-3H,1H3;2-3H,9H2,1H3. The van der Waals surface area contributed by atoms with Crippen LogP contribution in [0.5, 0.6) is 0 Å². The lowest BCUT2D eigenvalue weighted by atomic mass is 10.2. The van der Waals surface area contributed by atoms with Crippen LogP contribution in [0.15, 0.2) is 28.7 Å². The first-order valence-electron chi connectivity index (χ1n) is 6.34. The maximum Gasteiger partial charge on any atom is 0.288 e. The third-order valence-electron chi connectivity index (χ3n) is 2.96. The second kappa shape index (κ2) is 8.27. The number of hydrogen-bond donors (Lipinski definition) is 1. The van der Waals surface area contributed by atoms with E-state index in [0.29, 0.717) is 11.3 Å². The van der Waals surface area contributed by atoms with Crippen LogP contribution in [0, 0.1) is 34.1 Å². The van der Waals surface area contributed by atoms with Crippen molar-refractivity contribution in [1.82, 2.24) is 0 Å². The zero-order chi connectivity index (χ0) is 18.6. The molecule has 0 fully saturated rings. The fourth-order valence-electron chi connectivity index (χ4n) is 1.60. The maximum atomic E-state index is 10.4. The van der Waals surface area contributed by atoms with Crippen LogP contribution >= 0.6 is 39.1 Å². The zero-order valence-electron chi connectivity index (χ0n) is 12.5. The number of benzene rings is 2. The van der Waals surface area contributed by atoms with Gasteiger partial charge in [-0.25, -0.2) is 0 Å². The number of hydrogen-bond acceptors (Lipinski definition) is 5. The van der Waals surface area contributed by atoms with E-state index in [0.717, 1.165) is 10.0 Å². The molecule has 0 aliphatic heterocycles. The normalized spacial score (nSPS) is 9.88. The molecular formula is C14H12BrCl2N3O4. The van der Waals surface area contributed by atoms with E-state index in [-0.39, 0.29) is 21.4 Å². The predicted octanol–water partition coefficient (Wildman–Crippen LogP) is 5.46. The van der Waals surface area contributed by atoms with Crippen molar-refractivity contribution in [2.75, 3.05) is 5.73 Å². The first-order chi connectivity index (χ1) is 11.0. The molecule has 128 valence electrons. The third kappa shape index (κ3) is 5.05. The molecule has 2 aromatic rings. The molecule has 0 amide bonds. The molecule has 0 atom stereocenters. The number of aryl methyl sites for hydroxylation is 2. The van der Waals surface area contributed by atoms with E-state index in [4.69, 9.17) is 28.9 Å². The second-order valence-corrected chi connectivity index (χ2v) is 6.40. The number of nitrogens with zero attached hydrogens (tertiary/aromatic N) is 2. The number of nitrogen functional groups attached to an aromatic ring is 1. The highest BCUT2D eigenvalue weighted by atomic mass is 79.9. The van der Waals surface area contributed by atoms with Crippen molar-refractivity contribution in [1.29, 1.82) is 0 Å². The lowest BCUT2D eigenvalue weighted by Crippen LogP contribution is -1.94. The van der Waals surface area contributed by atoms with Crippen molar-refractivity contribution in [2.24, 2.45) is 0 Å². The van der Waals surface area contributed by atoms with Gasteiger partial charge < -0.3 is 5.73 Å². The Morgan fingerprint density at radius 3 is 1.79 bits per heavy atom. The molecule has 0 spiro atoms. The molecule has 0 aliphatic carbocycles. The summed E-state index contributed by atoms with van der Waals surface area (Å²) in [6, 6.07) is 5.70. The number of nitrogens with two attached hydrogens (primary N) is 1. The van der Waals surface area contributed by atoms with Crippen LogP contribution < -0.4 is 5.73 Å². The van der Waals surface area contributed by atoms with Crippen LogP contribution in [0.3, 0.4) is 0 Å². The molecule has 0 bridgehead atoms. The Morgan fingerprint density at radius 1 is 0.917 bits per heavy atom. The van der Waals surface area contributed by atoms with E-state index in [1.807, 2.05) is 0 Å². The molecule has 0 unspecified atom stereocenters. The summed E-state index contributed by atoms with van der Waals surface area (Å²) in [5, 5.41) is 21.0. The number of nitro benzene ring substituents is 2. The van der Waals surface area contributed by atoms with Gasteiger partial charge in [-0.05, 0) is 37.1 Å². The molecule has 0 radical (unpaired) electrons. The van der Waals surface area contributed by atoms with Crippen LogP contribution in [0.2, 0.25) is 10.0 Å². The van der Waals surface area contributed by atoms with Crippen LogP contribution in [0.4, 0.5) is 17.1 Å². The van der Waals surface area contributed by atoms with Gasteiger partial charge in [-0.15, -0.1) is 0 Å². The highest BCUT2D eigenvalue weighted by molar-refractivity contribution is 9.10. The molecule has 2 aromatic carbocycles. The van der Waals surface area contributed by atoms with E-state index in [9.17, 15) is 20.2 Å². The van der Waals surface area contributed by atoms with Crippen molar-refractivity contribution in [3.05, 3.63) is 70.1 Å². The first-order valence-corrected chi connectivity index (χ1v) is 7.89. The molecule has 0 saturated heterocycles. The summed E-state index contributed by atoms with van der Waals surface area (Å²) in [4.78, 5) is 19.7. The molecule has 10 heteroatoms. The maximum absolute atomic E-state index is 10.4. The van der Waals surface area contributed by atoms with Gasteiger partial charge in [0.05, 0.1) is 9.85 Å². The van der Waals surface area contributed by atoms with E-state index < -0.39 is 9.85 Å². The smallest absolute Gasteiger partial charge is 0.288 e. The van der Waals surface area contributed by atoms with Gasteiger partial charge in [0.15, 0.2) is 0 Å². The lowest BCUT2D eigenvalue weighted by molar-refractivity contribution is -0.384. The molecule has 0 aromatic heterocycles. The molecule has 7 nitrogen and oxygen atoms in total. The average molecular weight is 437 g/mol. The quantitative estimate of drug-likeness (QED) is 0.381. The number of nitro groups is 2. The van der Waals surface area contributed by atoms with Gasteiger partial charge >= 0.3 is 0 Å². The van der Waals surface area contributed by atoms with Gasteiger partial charge in [-0.3, -0.25) is 20.2 Å². The molecule has 2 N–H and O–H groups in total. The average Bonchev–Trinajstić information content (AvgIpc) is 2.46. The molecule has 0 heterocycles. The number of halogens is 3. The van der Waals surface area contributed by atoms with Crippen molar-refractivity contribution < 1.29 is 9.85 Å². The molecular weight excluding hydrogens is 425 g/mol. The van der Waals surface area contributed by atoms with E-state index >= 15 is 0 Å². The highest BCUT2D eigenvalue weighted by Gasteiger charge is 2.14. The van der Waals surface area contributed by atoms with Crippen LogP contribution in [-0.2, 0) is 0 Å². The van der Waals surface area contributed by atoms with Crippen LogP contribution in [-0.4, -0.2) is 9.85 Å². The summed E-state index contributed by atoms with van der Waals surface area (Å²) in [6.07, 6.45) is 0. The summed E-state index contributed by atoms with van der Waals surface area (Å²) >= 11 is 14.4. The van der Waals surface area contributed by atoms with Gasteiger partial charge in [-0.2, -0.15) is 0 Å². The SMILES string of the molecule is Cc1cc([N+](=O)[O-])c(Cl)cc1Br.Cc1cc([N+](=O)[O-])c(Cl)cc1N. The Kier molecular flexibility index (Phi) is 6.94. The summed E-state index contributed by atoms with van der Waals surface area (Å²) in [5.41, 5.74) is 7.24. The summed E-state index contributed by atoms with van der Waals surface area (Å²) in [6.45, 7) is 3.46. The van der Waals surface area contributed by atoms with E-state index in [2.05, 4.69) is 15.9 Å². The minimum absolute atomic E-state index is 0.0580. The number of anilines is 1. The summed E-state index contributed by atoms with van der Waals surface area (Å²) in [7, 11) is 0. The highest BCUT2D eigenvalue weighted by Crippen LogP contribution is 2.30. The monoisotopic (exact) mass is 435 g/mol. The zero-order valence-corrected chi connectivity index (χ0v) is 15.6. The fourth-order valence-corrected chi connectivity index (χ4v) is 2.55. The van der Waals surface area contributed by atoms with Gasteiger partial charge in [0.25, 0.3) is 11.4 Å². The van der Waals surface area contributed by atoms with Crippen molar-refractivity contribution in [3.8, 4) is 0 Å². The third-order valence-corrected chi connectivity index (χ3v) is 4.42. The lowest BCUT2D eigenvalue weighted by Gasteiger charge is -2.00. The largest absolute Gasteiger partial charge is 0.398 e. The number of rotatable bonds is 2.